The molecule has 1 heterocycles. The van der Waals surface area contributed by atoms with Gasteiger partial charge in [0, 0.05) is 11.6 Å². The molecule has 3 rings (SSSR count). The summed E-state index contributed by atoms with van der Waals surface area (Å²) in [4.78, 5) is 14.2. The highest BCUT2D eigenvalue weighted by molar-refractivity contribution is 5.75. The van der Waals surface area contributed by atoms with E-state index in [1.165, 1.54) is 6.07 Å². The van der Waals surface area contributed by atoms with Gasteiger partial charge < -0.3 is 14.6 Å². The number of carbonyl (C=O) groups excluding carboxylic acids is 1. The Morgan fingerprint density at radius 2 is 2.14 bits per heavy atom. The normalized spacial score (nSPS) is 15.4. The number of nitrogens with zero attached hydrogens (tertiary/aromatic N) is 1. The summed E-state index contributed by atoms with van der Waals surface area (Å²) in [6.07, 6.45) is 3.50. The molecule has 0 bridgehead atoms. The molecule has 1 N–H and O–H groups in total. The second-order valence-corrected chi connectivity index (χ2v) is 5.57. The summed E-state index contributed by atoms with van der Waals surface area (Å²) in [6.45, 7) is 2.20. The van der Waals surface area contributed by atoms with Gasteiger partial charge in [-0.3, -0.25) is 0 Å². The van der Waals surface area contributed by atoms with E-state index >= 15 is 0 Å². The molecule has 1 aliphatic rings. The summed E-state index contributed by atoms with van der Waals surface area (Å²) in [5.41, 5.74) is 0.544. The minimum atomic E-state index is -0.301. The van der Waals surface area contributed by atoms with Crippen LogP contribution >= 0.6 is 0 Å². The Morgan fingerprint density at radius 3 is 2.77 bits per heavy atom. The number of hydrogen-bond donors (Lipinski definition) is 1. The first kappa shape index (κ1) is 14.6. The summed E-state index contributed by atoms with van der Waals surface area (Å²) in [6, 6.07) is 9.90. The summed E-state index contributed by atoms with van der Waals surface area (Å²) < 4.78 is 19.2. The fourth-order valence-corrected chi connectivity index (χ4v) is 2.64. The fraction of sp³-hybridized carbons (Fsp3) is 0.353. The van der Waals surface area contributed by atoms with Gasteiger partial charge in [-0.15, -0.1) is 0 Å². The van der Waals surface area contributed by atoms with Crippen molar-refractivity contribution in [2.45, 2.75) is 38.4 Å². The molecule has 116 valence electrons. The first-order valence-corrected chi connectivity index (χ1v) is 7.50. The zero-order valence-corrected chi connectivity index (χ0v) is 12.5. The molecule has 2 amide bonds. The van der Waals surface area contributed by atoms with Crippen LogP contribution in [0.3, 0.4) is 0 Å². The van der Waals surface area contributed by atoms with Crippen LogP contribution in [0.4, 0.5) is 9.18 Å². The van der Waals surface area contributed by atoms with Gasteiger partial charge in [0.1, 0.15) is 11.6 Å². The molecule has 0 radical (unpaired) electrons. The van der Waals surface area contributed by atoms with Crippen molar-refractivity contribution >= 4 is 6.03 Å². The highest BCUT2D eigenvalue weighted by atomic mass is 19.1. The molecule has 2 aromatic rings. The molecule has 0 aliphatic heterocycles. The number of carbonyl (C=O) groups is 1. The number of halogens is 1. The number of rotatable bonds is 5. The van der Waals surface area contributed by atoms with Gasteiger partial charge in [-0.2, -0.15) is 0 Å². The largest absolute Gasteiger partial charge is 0.467 e. The average molecular weight is 302 g/mol. The molecule has 1 aromatic heterocycles. The van der Waals surface area contributed by atoms with E-state index in [0.717, 1.165) is 12.8 Å². The zero-order chi connectivity index (χ0) is 15.5. The maximum atomic E-state index is 14.0. The molecule has 1 fully saturated rings. The van der Waals surface area contributed by atoms with Crippen LogP contribution in [0.2, 0.25) is 0 Å². The maximum absolute atomic E-state index is 14.0. The molecule has 1 atom stereocenters. The van der Waals surface area contributed by atoms with Crippen LogP contribution in [0.15, 0.2) is 47.1 Å². The molecule has 1 aromatic carbocycles. The second-order valence-electron chi connectivity index (χ2n) is 5.57. The Morgan fingerprint density at radius 1 is 1.36 bits per heavy atom. The van der Waals surface area contributed by atoms with Crippen LogP contribution < -0.4 is 5.32 Å². The Labute approximate surface area is 128 Å². The second kappa shape index (κ2) is 6.22. The molecule has 22 heavy (non-hydrogen) atoms. The molecule has 5 heteroatoms. The summed E-state index contributed by atoms with van der Waals surface area (Å²) in [5.74, 6) is 0.419. The molecular weight excluding hydrogens is 283 g/mol. The molecule has 0 spiro atoms. The van der Waals surface area contributed by atoms with Crippen LogP contribution in [0, 0.1) is 5.82 Å². The Balaban J connectivity index is 1.72. The molecule has 1 saturated carbocycles. The third kappa shape index (κ3) is 3.13. The number of furan rings is 1. The summed E-state index contributed by atoms with van der Waals surface area (Å²) in [7, 11) is 0. The van der Waals surface area contributed by atoms with Crippen molar-refractivity contribution in [1.29, 1.82) is 0 Å². The van der Waals surface area contributed by atoms with Crippen LogP contribution in [-0.4, -0.2) is 17.0 Å². The van der Waals surface area contributed by atoms with E-state index in [9.17, 15) is 9.18 Å². The predicted octanol–water partition coefficient (Wildman–Crippen LogP) is 3.85. The number of nitrogens with one attached hydrogen (secondary N) is 1. The lowest BCUT2D eigenvalue weighted by Crippen LogP contribution is -2.42. The quantitative estimate of drug-likeness (QED) is 0.911. The highest BCUT2D eigenvalue weighted by Gasteiger charge is 2.37. The van der Waals surface area contributed by atoms with Crippen molar-refractivity contribution < 1.29 is 13.6 Å². The highest BCUT2D eigenvalue weighted by Crippen LogP contribution is 2.35. The van der Waals surface area contributed by atoms with Crippen molar-refractivity contribution in [2.75, 3.05) is 0 Å². The van der Waals surface area contributed by atoms with E-state index in [1.807, 2.05) is 13.0 Å². The Hall–Kier alpha value is -2.30. The summed E-state index contributed by atoms with van der Waals surface area (Å²) in [5, 5.41) is 2.85. The van der Waals surface area contributed by atoms with Gasteiger partial charge in [0.15, 0.2) is 0 Å². The SMILES string of the molecule is C[C@@H](c1ccccc1F)N(C(=O)NCc1ccco1)C1CC1. The molecule has 4 nitrogen and oxygen atoms in total. The van der Waals surface area contributed by atoms with Crippen molar-refractivity contribution in [3.8, 4) is 0 Å². The Kier molecular flexibility index (Phi) is 4.13. The topological polar surface area (TPSA) is 45.5 Å². The third-order valence-corrected chi connectivity index (χ3v) is 3.94. The first-order chi connectivity index (χ1) is 10.7. The van der Waals surface area contributed by atoms with Gasteiger partial charge in [-0.25, -0.2) is 9.18 Å². The van der Waals surface area contributed by atoms with Gasteiger partial charge >= 0.3 is 6.03 Å². The Bertz CT molecular complexity index is 638. The van der Waals surface area contributed by atoms with Crippen molar-refractivity contribution in [1.82, 2.24) is 10.2 Å². The smallest absolute Gasteiger partial charge is 0.318 e. The van der Waals surface area contributed by atoms with Crippen molar-refractivity contribution in [2.24, 2.45) is 0 Å². The van der Waals surface area contributed by atoms with Crippen LogP contribution in [-0.2, 0) is 6.54 Å². The minimum Gasteiger partial charge on any atom is -0.467 e. The minimum absolute atomic E-state index is 0.186. The van der Waals surface area contributed by atoms with E-state index in [0.29, 0.717) is 17.9 Å². The van der Waals surface area contributed by atoms with Gasteiger partial charge in [0.05, 0.1) is 18.8 Å². The number of amides is 2. The molecule has 1 aliphatic carbocycles. The van der Waals surface area contributed by atoms with E-state index in [2.05, 4.69) is 5.32 Å². The van der Waals surface area contributed by atoms with E-state index in [4.69, 9.17) is 4.42 Å². The summed E-state index contributed by atoms with van der Waals surface area (Å²) >= 11 is 0. The van der Waals surface area contributed by atoms with Gasteiger partial charge in [0.2, 0.25) is 0 Å². The van der Waals surface area contributed by atoms with Crippen molar-refractivity contribution in [3.63, 3.8) is 0 Å². The first-order valence-electron chi connectivity index (χ1n) is 7.50. The van der Waals surface area contributed by atoms with Crippen LogP contribution in [0.1, 0.15) is 37.1 Å². The molecule has 0 unspecified atom stereocenters. The number of hydrogen-bond acceptors (Lipinski definition) is 2. The number of urea groups is 1. The van der Waals surface area contributed by atoms with E-state index < -0.39 is 0 Å². The molecule has 0 saturated heterocycles. The zero-order valence-electron chi connectivity index (χ0n) is 12.5. The molecular formula is C17H19FN2O2. The van der Waals surface area contributed by atoms with E-state index in [1.54, 1.807) is 35.4 Å². The van der Waals surface area contributed by atoms with Crippen LogP contribution in [0.5, 0.6) is 0 Å². The monoisotopic (exact) mass is 302 g/mol. The fourth-order valence-electron chi connectivity index (χ4n) is 2.64. The van der Waals surface area contributed by atoms with Crippen molar-refractivity contribution in [3.05, 3.63) is 59.8 Å². The lowest BCUT2D eigenvalue weighted by Gasteiger charge is -2.30. The van der Waals surface area contributed by atoms with E-state index in [-0.39, 0.29) is 23.9 Å². The number of benzene rings is 1. The third-order valence-electron chi connectivity index (χ3n) is 3.94. The lowest BCUT2D eigenvalue weighted by molar-refractivity contribution is 0.172. The maximum Gasteiger partial charge on any atom is 0.318 e. The predicted molar refractivity (Wildman–Crippen MR) is 80.6 cm³/mol. The average Bonchev–Trinajstić information content (AvgIpc) is 3.20. The van der Waals surface area contributed by atoms with Gasteiger partial charge in [-0.05, 0) is 38.0 Å². The standard InChI is InChI=1S/C17H19FN2O2/c1-12(15-6-2-3-7-16(15)18)20(13-8-9-13)17(21)19-11-14-5-4-10-22-14/h2-7,10,12-13H,8-9,11H2,1H3,(H,19,21)/t12-/m0/s1. The lowest BCUT2D eigenvalue weighted by atomic mass is 10.1. The van der Waals surface area contributed by atoms with Crippen LogP contribution in [0.25, 0.3) is 0 Å². The van der Waals surface area contributed by atoms with Gasteiger partial charge in [0.25, 0.3) is 0 Å². The van der Waals surface area contributed by atoms with Gasteiger partial charge in [-0.1, -0.05) is 18.2 Å².